The van der Waals surface area contributed by atoms with Gasteiger partial charge in [-0.2, -0.15) is 0 Å². The first-order valence-corrected chi connectivity index (χ1v) is 5.88. The second-order valence-corrected chi connectivity index (χ2v) is 3.93. The lowest BCUT2D eigenvalue weighted by atomic mass is 9.99. The zero-order valence-electron chi connectivity index (χ0n) is 10.4. The third kappa shape index (κ3) is 2.73. The average Bonchev–Trinajstić information content (AvgIpc) is 2.39. The van der Waals surface area contributed by atoms with Crippen LogP contribution in [0.25, 0.3) is 11.1 Å². The molecular formula is C15H13FO3. The maximum absolute atomic E-state index is 12.9. The lowest BCUT2D eigenvalue weighted by Crippen LogP contribution is -2.06. The van der Waals surface area contributed by atoms with Gasteiger partial charge in [-0.1, -0.05) is 24.3 Å². The molecule has 0 atom stereocenters. The monoisotopic (exact) mass is 260 g/mol. The highest BCUT2D eigenvalue weighted by Crippen LogP contribution is 2.30. The zero-order valence-corrected chi connectivity index (χ0v) is 10.4. The zero-order chi connectivity index (χ0) is 13.8. The number of ether oxygens (including phenoxy) is 1. The number of carbonyl (C=O) groups is 1. The van der Waals surface area contributed by atoms with Crippen molar-refractivity contribution in [2.45, 2.75) is 6.92 Å². The fourth-order valence-corrected chi connectivity index (χ4v) is 1.83. The molecule has 0 aliphatic heterocycles. The summed E-state index contributed by atoms with van der Waals surface area (Å²) in [4.78, 5) is 11.9. The first kappa shape index (κ1) is 13.1. The van der Waals surface area contributed by atoms with Crippen LogP contribution in [-0.2, 0) is 4.74 Å². The largest absolute Gasteiger partial charge is 0.507 e. The van der Waals surface area contributed by atoms with Crippen LogP contribution in [0.2, 0.25) is 0 Å². The summed E-state index contributed by atoms with van der Waals surface area (Å²) in [5.41, 5.74) is 1.25. The molecule has 4 heteroatoms. The highest BCUT2D eigenvalue weighted by Gasteiger charge is 2.18. The smallest absolute Gasteiger partial charge is 0.342 e. The Bertz CT molecular complexity index is 591. The number of aromatic hydroxyl groups is 1. The predicted octanol–water partition coefficient (Wildman–Crippen LogP) is 3.38. The Morgan fingerprint density at radius 3 is 2.53 bits per heavy atom. The molecule has 0 fully saturated rings. The van der Waals surface area contributed by atoms with Crippen LogP contribution in [0, 0.1) is 5.82 Å². The molecule has 0 radical (unpaired) electrons. The second kappa shape index (κ2) is 5.52. The molecule has 0 aromatic heterocycles. The van der Waals surface area contributed by atoms with Crippen LogP contribution in [-0.4, -0.2) is 17.7 Å². The number of phenols is 1. The molecule has 0 amide bonds. The van der Waals surface area contributed by atoms with Gasteiger partial charge >= 0.3 is 5.97 Å². The molecule has 0 aliphatic rings. The van der Waals surface area contributed by atoms with Gasteiger partial charge in [-0.15, -0.1) is 0 Å². The van der Waals surface area contributed by atoms with E-state index in [2.05, 4.69) is 0 Å². The number of carbonyl (C=O) groups excluding carboxylic acids is 1. The molecule has 0 heterocycles. The third-order valence-corrected chi connectivity index (χ3v) is 2.68. The van der Waals surface area contributed by atoms with Crippen molar-refractivity contribution in [3.05, 3.63) is 53.8 Å². The van der Waals surface area contributed by atoms with Gasteiger partial charge in [0.2, 0.25) is 0 Å². The molecular weight excluding hydrogens is 247 g/mol. The molecule has 0 unspecified atom stereocenters. The number of rotatable bonds is 3. The summed E-state index contributed by atoms with van der Waals surface area (Å²) in [6, 6.07) is 10.4. The number of phenolic OH excluding ortho intramolecular Hbond substituents is 1. The van der Waals surface area contributed by atoms with Crippen molar-refractivity contribution < 1.29 is 19.0 Å². The predicted molar refractivity (Wildman–Crippen MR) is 69.5 cm³/mol. The number of esters is 1. The molecule has 0 bridgehead atoms. The van der Waals surface area contributed by atoms with Crippen molar-refractivity contribution >= 4 is 5.97 Å². The average molecular weight is 260 g/mol. The van der Waals surface area contributed by atoms with Gasteiger partial charge in [0, 0.05) is 0 Å². The Labute approximate surface area is 110 Å². The Balaban J connectivity index is 2.54. The van der Waals surface area contributed by atoms with E-state index in [0.29, 0.717) is 11.1 Å². The van der Waals surface area contributed by atoms with Gasteiger partial charge in [0.25, 0.3) is 0 Å². The van der Waals surface area contributed by atoms with Gasteiger partial charge in [0.1, 0.15) is 17.1 Å². The molecule has 19 heavy (non-hydrogen) atoms. The van der Waals surface area contributed by atoms with Crippen LogP contribution in [0.15, 0.2) is 42.5 Å². The number of benzene rings is 2. The van der Waals surface area contributed by atoms with E-state index in [1.165, 1.54) is 18.2 Å². The summed E-state index contributed by atoms with van der Waals surface area (Å²) >= 11 is 0. The van der Waals surface area contributed by atoms with Gasteiger partial charge in [0.05, 0.1) is 6.61 Å². The Kier molecular flexibility index (Phi) is 3.80. The van der Waals surface area contributed by atoms with Crippen molar-refractivity contribution in [2.24, 2.45) is 0 Å². The van der Waals surface area contributed by atoms with E-state index in [1.807, 2.05) is 0 Å². The van der Waals surface area contributed by atoms with Gasteiger partial charge in [-0.3, -0.25) is 0 Å². The lowest BCUT2D eigenvalue weighted by Gasteiger charge is -2.10. The fraction of sp³-hybridized carbons (Fsp3) is 0.133. The normalized spacial score (nSPS) is 10.2. The first-order valence-electron chi connectivity index (χ1n) is 5.88. The van der Waals surface area contributed by atoms with Crippen LogP contribution in [0.4, 0.5) is 4.39 Å². The Hall–Kier alpha value is -2.36. The van der Waals surface area contributed by atoms with Gasteiger partial charge < -0.3 is 9.84 Å². The van der Waals surface area contributed by atoms with Crippen molar-refractivity contribution in [1.82, 2.24) is 0 Å². The maximum Gasteiger partial charge on any atom is 0.342 e. The SMILES string of the molecule is CCOC(=O)c1c(O)cccc1-c1ccc(F)cc1. The molecule has 0 saturated carbocycles. The van der Waals surface area contributed by atoms with Crippen molar-refractivity contribution in [3.63, 3.8) is 0 Å². The van der Waals surface area contributed by atoms with Gasteiger partial charge in [-0.05, 0) is 36.2 Å². The number of hydrogen-bond acceptors (Lipinski definition) is 3. The topological polar surface area (TPSA) is 46.5 Å². The van der Waals surface area contributed by atoms with Crippen LogP contribution in [0.5, 0.6) is 5.75 Å². The van der Waals surface area contributed by atoms with E-state index in [0.717, 1.165) is 0 Å². The van der Waals surface area contributed by atoms with E-state index < -0.39 is 5.97 Å². The Morgan fingerprint density at radius 1 is 1.21 bits per heavy atom. The van der Waals surface area contributed by atoms with E-state index in [-0.39, 0.29) is 23.7 Å². The van der Waals surface area contributed by atoms with Gasteiger partial charge in [0.15, 0.2) is 0 Å². The summed E-state index contributed by atoms with van der Waals surface area (Å²) in [5.74, 6) is -1.11. The summed E-state index contributed by atoms with van der Waals surface area (Å²) in [6.45, 7) is 1.91. The quantitative estimate of drug-likeness (QED) is 0.860. The summed E-state index contributed by atoms with van der Waals surface area (Å²) in [6.07, 6.45) is 0. The lowest BCUT2D eigenvalue weighted by molar-refractivity contribution is 0.0524. The van der Waals surface area contributed by atoms with Crippen molar-refractivity contribution in [2.75, 3.05) is 6.61 Å². The molecule has 2 aromatic carbocycles. The molecule has 0 aliphatic carbocycles. The molecule has 98 valence electrons. The molecule has 3 nitrogen and oxygen atoms in total. The van der Waals surface area contributed by atoms with E-state index in [4.69, 9.17) is 4.74 Å². The van der Waals surface area contributed by atoms with Gasteiger partial charge in [-0.25, -0.2) is 9.18 Å². The maximum atomic E-state index is 12.9. The summed E-state index contributed by atoms with van der Waals surface area (Å²) in [7, 11) is 0. The van der Waals surface area contributed by atoms with Crippen molar-refractivity contribution in [3.8, 4) is 16.9 Å². The van der Waals surface area contributed by atoms with E-state index >= 15 is 0 Å². The summed E-state index contributed by atoms with van der Waals surface area (Å²) < 4.78 is 17.8. The van der Waals surface area contributed by atoms with Crippen LogP contribution >= 0.6 is 0 Å². The highest BCUT2D eigenvalue weighted by molar-refractivity contribution is 6.00. The highest BCUT2D eigenvalue weighted by atomic mass is 19.1. The Morgan fingerprint density at radius 2 is 1.89 bits per heavy atom. The van der Waals surface area contributed by atoms with E-state index in [9.17, 15) is 14.3 Å². The van der Waals surface area contributed by atoms with Crippen LogP contribution in [0.1, 0.15) is 17.3 Å². The van der Waals surface area contributed by atoms with Crippen LogP contribution in [0.3, 0.4) is 0 Å². The standard InChI is InChI=1S/C15H13FO3/c1-2-19-15(18)14-12(4-3-5-13(14)17)10-6-8-11(16)9-7-10/h3-9,17H,2H2,1H3. The molecule has 2 rings (SSSR count). The minimum atomic E-state index is -0.597. The third-order valence-electron chi connectivity index (χ3n) is 2.68. The minimum Gasteiger partial charge on any atom is -0.507 e. The molecule has 0 spiro atoms. The molecule has 1 N–H and O–H groups in total. The van der Waals surface area contributed by atoms with Crippen LogP contribution < -0.4 is 0 Å². The van der Waals surface area contributed by atoms with E-state index in [1.54, 1.807) is 31.2 Å². The molecule has 2 aromatic rings. The summed E-state index contributed by atoms with van der Waals surface area (Å²) in [5, 5.41) is 9.83. The number of hydrogen-bond donors (Lipinski definition) is 1. The minimum absolute atomic E-state index is 0.0935. The molecule has 0 saturated heterocycles. The first-order chi connectivity index (χ1) is 9.13. The van der Waals surface area contributed by atoms with Crippen molar-refractivity contribution in [1.29, 1.82) is 0 Å². The second-order valence-electron chi connectivity index (χ2n) is 3.93. The fourth-order valence-electron chi connectivity index (χ4n) is 1.83. The number of halogens is 1.